The van der Waals surface area contributed by atoms with Crippen LogP contribution in [0.5, 0.6) is 0 Å². The van der Waals surface area contributed by atoms with Gasteiger partial charge in [0.2, 0.25) is 0 Å². The number of ether oxygens (including phenoxy) is 1. The maximum Gasteiger partial charge on any atom is 1.00 e. The standard InChI is InChI=1S/C10H16O.C6H10F4O4S.Na/c11-10-4-7-1-8(5-10)3-9(2-7)6-10;1-3-14-4(2)5(7,8)6(9,10)15(11,12)13;/h7-9,11H,1-6H2;4H,3H2,1-2H3,(H,11,12,13);/q;;+1/p-1. The third-order valence-electron chi connectivity index (χ3n) is 5.64. The van der Waals surface area contributed by atoms with Gasteiger partial charge in [0, 0.05) is 6.61 Å². The molecule has 154 valence electrons. The molecule has 0 saturated heterocycles. The number of halogens is 4. The molecule has 0 heterocycles. The minimum absolute atomic E-state index is 0. The molecule has 1 N–H and O–H groups in total. The molecule has 4 fully saturated rings. The van der Waals surface area contributed by atoms with Crippen LogP contribution in [-0.4, -0.2) is 47.6 Å². The van der Waals surface area contributed by atoms with E-state index in [-0.39, 0.29) is 41.8 Å². The Bertz CT molecular complexity index is 579. The van der Waals surface area contributed by atoms with Crippen LogP contribution in [-0.2, 0) is 14.9 Å². The van der Waals surface area contributed by atoms with Gasteiger partial charge >= 0.3 is 40.7 Å². The Morgan fingerprint density at radius 3 is 1.74 bits per heavy atom. The van der Waals surface area contributed by atoms with Gasteiger partial charge in [0.25, 0.3) is 0 Å². The Morgan fingerprint density at radius 1 is 1.11 bits per heavy atom. The van der Waals surface area contributed by atoms with Crippen LogP contribution < -0.4 is 29.6 Å². The molecule has 0 aliphatic heterocycles. The Hall–Kier alpha value is 0.550. The van der Waals surface area contributed by atoms with E-state index in [1.54, 1.807) is 0 Å². The summed E-state index contributed by atoms with van der Waals surface area (Å²) in [5.41, 5.74) is -0.200. The second-order valence-corrected chi connectivity index (χ2v) is 9.25. The zero-order chi connectivity index (χ0) is 20.0. The van der Waals surface area contributed by atoms with Crippen LogP contribution in [0.3, 0.4) is 0 Å². The van der Waals surface area contributed by atoms with E-state index in [2.05, 4.69) is 4.74 Å². The van der Waals surface area contributed by atoms with Gasteiger partial charge in [0.05, 0.1) is 5.60 Å². The monoisotopic (exact) mass is 428 g/mol. The smallest absolute Gasteiger partial charge is 0.743 e. The van der Waals surface area contributed by atoms with Crippen LogP contribution >= 0.6 is 0 Å². The van der Waals surface area contributed by atoms with Gasteiger partial charge in [-0.2, -0.15) is 17.6 Å². The molecule has 1 unspecified atom stereocenters. The minimum Gasteiger partial charge on any atom is -0.743 e. The summed E-state index contributed by atoms with van der Waals surface area (Å²) >= 11 is 0. The summed E-state index contributed by atoms with van der Waals surface area (Å²) in [5.74, 6) is -2.38. The molecule has 0 aromatic rings. The molecular formula is C16H25F4NaO5S. The van der Waals surface area contributed by atoms with Crippen LogP contribution in [0.25, 0.3) is 0 Å². The van der Waals surface area contributed by atoms with Crippen molar-refractivity contribution in [2.45, 2.75) is 75.3 Å². The molecule has 27 heavy (non-hydrogen) atoms. The molecule has 0 spiro atoms. The normalized spacial score (nSPS) is 33.7. The number of alkyl halides is 4. The molecule has 4 aliphatic rings. The molecule has 0 amide bonds. The van der Waals surface area contributed by atoms with Gasteiger partial charge < -0.3 is 14.4 Å². The van der Waals surface area contributed by atoms with Gasteiger partial charge in [-0.05, 0) is 70.1 Å². The summed E-state index contributed by atoms with van der Waals surface area (Å²) in [4.78, 5) is 0. The SMILES string of the molecule is CCOC(C)C(F)(F)C(F)(F)S(=O)(=O)[O-].OC12CC3CC(CC(C3)C1)C2.[Na+]. The molecule has 0 aromatic heterocycles. The van der Waals surface area contributed by atoms with Crippen molar-refractivity contribution in [1.82, 2.24) is 0 Å². The summed E-state index contributed by atoms with van der Waals surface area (Å²) in [6, 6.07) is 0. The van der Waals surface area contributed by atoms with Crippen molar-refractivity contribution in [2.75, 3.05) is 6.61 Å². The Morgan fingerprint density at radius 2 is 1.48 bits per heavy atom. The van der Waals surface area contributed by atoms with E-state index >= 15 is 0 Å². The zero-order valence-electron chi connectivity index (χ0n) is 15.8. The summed E-state index contributed by atoms with van der Waals surface area (Å²) in [7, 11) is -6.44. The van der Waals surface area contributed by atoms with Crippen LogP contribution in [0.1, 0.15) is 52.4 Å². The maximum absolute atomic E-state index is 12.8. The third-order valence-corrected chi connectivity index (χ3v) is 6.54. The molecule has 4 rings (SSSR count). The van der Waals surface area contributed by atoms with Crippen LogP contribution in [0.4, 0.5) is 17.6 Å². The van der Waals surface area contributed by atoms with E-state index in [9.17, 15) is 35.6 Å². The number of hydrogen-bond donors (Lipinski definition) is 1. The number of aliphatic hydroxyl groups is 1. The fourth-order valence-corrected chi connectivity index (χ4v) is 5.32. The van der Waals surface area contributed by atoms with Gasteiger partial charge in [-0.1, -0.05) is 0 Å². The van der Waals surface area contributed by atoms with Crippen LogP contribution in [0.2, 0.25) is 0 Å². The average molecular weight is 428 g/mol. The van der Waals surface area contributed by atoms with Gasteiger partial charge in [0.15, 0.2) is 10.1 Å². The first-order valence-corrected chi connectivity index (χ1v) is 10.2. The summed E-state index contributed by atoms with van der Waals surface area (Å²) in [6.07, 6.45) is 5.29. The van der Waals surface area contributed by atoms with Gasteiger partial charge in [0.1, 0.15) is 6.10 Å². The second-order valence-electron chi connectivity index (χ2n) is 7.83. The largest absolute Gasteiger partial charge is 1.00 e. The summed E-state index contributed by atoms with van der Waals surface area (Å²) in [5, 5.41) is 4.42. The van der Waals surface area contributed by atoms with Crippen LogP contribution in [0, 0.1) is 17.8 Å². The van der Waals surface area contributed by atoms with Gasteiger partial charge in [-0.25, -0.2) is 8.42 Å². The van der Waals surface area contributed by atoms with Crippen molar-refractivity contribution >= 4 is 10.1 Å². The zero-order valence-corrected chi connectivity index (χ0v) is 18.6. The number of hydrogen-bond acceptors (Lipinski definition) is 5. The van der Waals surface area contributed by atoms with Crippen LogP contribution in [0.15, 0.2) is 0 Å². The first kappa shape index (κ1) is 25.6. The van der Waals surface area contributed by atoms with E-state index < -0.39 is 27.4 Å². The maximum atomic E-state index is 12.8. The summed E-state index contributed by atoms with van der Waals surface area (Å²) in [6.45, 7) is 1.50. The van der Waals surface area contributed by atoms with E-state index in [1.807, 2.05) is 0 Å². The molecule has 4 bridgehead atoms. The summed E-state index contributed by atoms with van der Waals surface area (Å²) < 4.78 is 84.8. The molecule has 4 saturated carbocycles. The molecule has 0 aromatic carbocycles. The van der Waals surface area contributed by atoms with Crippen molar-refractivity contribution in [3.05, 3.63) is 0 Å². The van der Waals surface area contributed by atoms with E-state index in [1.165, 1.54) is 26.2 Å². The second kappa shape index (κ2) is 8.73. The Labute approximate surface area is 179 Å². The van der Waals surface area contributed by atoms with Crippen molar-refractivity contribution in [1.29, 1.82) is 0 Å². The number of rotatable bonds is 5. The predicted octanol–water partition coefficient (Wildman–Crippen LogP) is 0.136. The van der Waals surface area contributed by atoms with Crippen molar-refractivity contribution in [2.24, 2.45) is 17.8 Å². The van der Waals surface area contributed by atoms with E-state index in [4.69, 9.17) is 0 Å². The van der Waals surface area contributed by atoms with Gasteiger partial charge in [-0.15, -0.1) is 0 Å². The Kier molecular flexibility index (Phi) is 8.28. The quantitative estimate of drug-likeness (QED) is 0.382. The predicted molar refractivity (Wildman–Crippen MR) is 83.8 cm³/mol. The van der Waals surface area contributed by atoms with E-state index in [0.717, 1.165) is 37.0 Å². The third kappa shape index (κ3) is 5.38. The molecule has 0 radical (unpaired) electrons. The first-order valence-electron chi connectivity index (χ1n) is 8.77. The van der Waals surface area contributed by atoms with Crippen molar-refractivity contribution < 1.29 is 69.9 Å². The fraction of sp³-hybridized carbons (Fsp3) is 1.00. The van der Waals surface area contributed by atoms with Crippen molar-refractivity contribution in [3.63, 3.8) is 0 Å². The fourth-order valence-electron chi connectivity index (χ4n) is 4.82. The molecule has 11 heteroatoms. The Balaban J connectivity index is 0.000000267. The van der Waals surface area contributed by atoms with Gasteiger partial charge in [-0.3, -0.25) is 0 Å². The molecular weight excluding hydrogens is 403 g/mol. The average Bonchev–Trinajstić information content (AvgIpc) is 2.44. The van der Waals surface area contributed by atoms with Crippen molar-refractivity contribution in [3.8, 4) is 0 Å². The molecule has 1 atom stereocenters. The van der Waals surface area contributed by atoms with E-state index in [0.29, 0.717) is 6.92 Å². The molecule has 4 aliphatic carbocycles. The molecule has 5 nitrogen and oxygen atoms in total. The topological polar surface area (TPSA) is 86.7 Å². The minimum atomic E-state index is -6.44. The first-order chi connectivity index (χ1) is 11.7.